The Morgan fingerprint density at radius 3 is 2.59 bits per heavy atom. The van der Waals surface area contributed by atoms with Crippen LogP contribution >= 0.6 is 0 Å². The van der Waals surface area contributed by atoms with Crippen LogP contribution in [-0.2, 0) is 0 Å². The third-order valence-electron chi connectivity index (χ3n) is 6.15. The lowest BCUT2D eigenvalue weighted by molar-refractivity contribution is 0.164. The van der Waals surface area contributed by atoms with E-state index in [9.17, 15) is 0 Å². The fourth-order valence-corrected chi connectivity index (χ4v) is 4.36. The lowest BCUT2D eigenvalue weighted by atomic mass is 9.69. The summed E-state index contributed by atoms with van der Waals surface area (Å²) in [5, 5.41) is 9.11. The quantitative estimate of drug-likeness (QED) is 0.517. The average molecular weight is 309 g/mol. The van der Waals surface area contributed by atoms with Crippen molar-refractivity contribution >= 4 is 0 Å². The van der Waals surface area contributed by atoms with Gasteiger partial charge in [-0.2, -0.15) is 0 Å². The molecule has 0 spiro atoms. The maximum atomic E-state index is 9.11. The minimum absolute atomic E-state index is 0.325. The molecule has 1 aliphatic rings. The van der Waals surface area contributed by atoms with Gasteiger partial charge in [0.15, 0.2) is 0 Å². The Morgan fingerprint density at radius 2 is 2.05 bits per heavy atom. The number of hydrogen-bond acceptors (Lipinski definition) is 1. The molecule has 1 aliphatic carbocycles. The number of hydrogen-bond donors (Lipinski definition) is 1. The first-order valence-electron chi connectivity index (χ1n) is 9.49. The fraction of sp³-hybridized carbons (Fsp3) is 0.905. The number of rotatable bonds is 8. The summed E-state index contributed by atoms with van der Waals surface area (Å²) in [4.78, 5) is 0. The molecule has 1 fully saturated rings. The smallest absolute Gasteiger partial charge is 0.0431 e. The molecule has 2 atom stereocenters. The van der Waals surface area contributed by atoms with E-state index in [4.69, 9.17) is 5.11 Å². The molecule has 1 saturated carbocycles. The molecule has 0 heterocycles. The van der Waals surface area contributed by atoms with E-state index in [2.05, 4.69) is 47.6 Å². The molecule has 0 amide bonds. The summed E-state index contributed by atoms with van der Waals surface area (Å²) in [6.07, 6.45) is 12.6. The van der Waals surface area contributed by atoms with Gasteiger partial charge in [0.1, 0.15) is 0 Å². The van der Waals surface area contributed by atoms with Crippen molar-refractivity contribution in [3.05, 3.63) is 11.6 Å². The predicted octanol–water partition coefficient (Wildman–Crippen LogP) is 6.36. The Balaban J connectivity index is 2.63. The van der Waals surface area contributed by atoms with Gasteiger partial charge in [0.05, 0.1) is 0 Å². The number of aliphatic hydroxyl groups excluding tert-OH is 1. The summed E-state index contributed by atoms with van der Waals surface area (Å²) in [6.45, 7) is 14.6. The Hall–Kier alpha value is -0.300. The van der Waals surface area contributed by atoms with Crippen molar-refractivity contribution in [3.63, 3.8) is 0 Å². The molecular formula is C21H40O. The van der Waals surface area contributed by atoms with Crippen molar-refractivity contribution in [2.75, 3.05) is 6.61 Å². The molecule has 1 heteroatoms. The van der Waals surface area contributed by atoms with Crippen LogP contribution in [0.1, 0.15) is 92.9 Å². The van der Waals surface area contributed by atoms with Crippen LogP contribution in [0.4, 0.5) is 0 Å². The van der Waals surface area contributed by atoms with Crippen LogP contribution in [0, 0.1) is 22.7 Å². The molecule has 0 radical (unpaired) electrons. The standard InChI is InChI=1S/C21H40O/c1-7-19(21(5,6)14-9-15-22)12-11-17(2)18-10-8-13-20(3,4)16-18/h11,18-19,22H,7-10,12-16H2,1-6H3/b17-11+. The maximum Gasteiger partial charge on any atom is 0.0431 e. The summed E-state index contributed by atoms with van der Waals surface area (Å²) in [5.41, 5.74) is 2.49. The van der Waals surface area contributed by atoms with Gasteiger partial charge in [0.2, 0.25) is 0 Å². The normalized spacial score (nSPS) is 24.3. The van der Waals surface area contributed by atoms with Gasteiger partial charge in [-0.1, -0.05) is 59.1 Å². The van der Waals surface area contributed by atoms with E-state index in [1.54, 1.807) is 5.57 Å². The molecule has 1 rings (SSSR count). The molecule has 1 nitrogen and oxygen atoms in total. The van der Waals surface area contributed by atoms with E-state index < -0.39 is 0 Å². The van der Waals surface area contributed by atoms with Crippen molar-refractivity contribution in [3.8, 4) is 0 Å². The minimum atomic E-state index is 0.325. The first-order chi connectivity index (χ1) is 10.2. The van der Waals surface area contributed by atoms with E-state index in [1.165, 1.54) is 38.5 Å². The van der Waals surface area contributed by atoms with E-state index >= 15 is 0 Å². The van der Waals surface area contributed by atoms with Gasteiger partial charge in [-0.25, -0.2) is 0 Å². The van der Waals surface area contributed by atoms with Crippen molar-refractivity contribution in [1.29, 1.82) is 0 Å². The third kappa shape index (κ3) is 6.07. The Labute approximate surface area is 139 Å². The Kier molecular flexibility index (Phi) is 7.65. The number of aliphatic hydroxyl groups is 1. The highest BCUT2D eigenvalue weighted by atomic mass is 16.2. The number of allylic oxidation sites excluding steroid dienone is 2. The first-order valence-corrected chi connectivity index (χ1v) is 9.49. The largest absolute Gasteiger partial charge is 0.396 e. The van der Waals surface area contributed by atoms with Crippen LogP contribution in [0.25, 0.3) is 0 Å². The topological polar surface area (TPSA) is 20.2 Å². The highest BCUT2D eigenvalue weighted by Gasteiger charge is 2.30. The second-order valence-electron chi connectivity index (χ2n) is 9.06. The molecule has 0 aliphatic heterocycles. The summed E-state index contributed by atoms with van der Waals surface area (Å²) in [7, 11) is 0. The van der Waals surface area contributed by atoms with Gasteiger partial charge >= 0.3 is 0 Å². The Morgan fingerprint density at radius 1 is 1.36 bits per heavy atom. The SMILES string of the molecule is CCC(C/C=C(\C)C1CCCC(C)(C)C1)C(C)(C)CCCO. The van der Waals surface area contributed by atoms with Gasteiger partial charge in [0, 0.05) is 6.61 Å². The molecule has 2 unspecified atom stereocenters. The van der Waals surface area contributed by atoms with Crippen LogP contribution in [0.2, 0.25) is 0 Å². The van der Waals surface area contributed by atoms with Gasteiger partial charge in [-0.05, 0) is 68.1 Å². The maximum absolute atomic E-state index is 9.11. The molecule has 0 aromatic heterocycles. The van der Waals surface area contributed by atoms with Gasteiger partial charge in [-0.3, -0.25) is 0 Å². The zero-order valence-electron chi connectivity index (χ0n) is 16.0. The summed E-state index contributed by atoms with van der Waals surface area (Å²) < 4.78 is 0. The van der Waals surface area contributed by atoms with Crippen molar-refractivity contribution < 1.29 is 5.11 Å². The molecule has 0 aromatic rings. The van der Waals surface area contributed by atoms with Crippen molar-refractivity contribution in [1.82, 2.24) is 0 Å². The van der Waals surface area contributed by atoms with E-state index in [0.29, 0.717) is 17.4 Å². The zero-order chi connectivity index (χ0) is 16.8. The molecule has 22 heavy (non-hydrogen) atoms. The lowest BCUT2D eigenvalue weighted by Crippen LogP contribution is -2.25. The molecular weight excluding hydrogens is 268 g/mol. The second kappa shape index (κ2) is 8.52. The predicted molar refractivity (Wildman–Crippen MR) is 98.0 cm³/mol. The van der Waals surface area contributed by atoms with E-state index in [1.807, 2.05) is 0 Å². The van der Waals surface area contributed by atoms with E-state index in [-0.39, 0.29) is 0 Å². The molecule has 0 aromatic carbocycles. The third-order valence-corrected chi connectivity index (χ3v) is 6.15. The average Bonchev–Trinajstić information content (AvgIpc) is 2.44. The van der Waals surface area contributed by atoms with Crippen LogP contribution in [0.3, 0.4) is 0 Å². The van der Waals surface area contributed by atoms with Crippen LogP contribution in [0.5, 0.6) is 0 Å². The zero-order valence-corrected chi connectivity index (χ0v) is 16.0. The Bertz CT molecular complexity index is 351. The minimum Gasteiger partial charge on any atom is -0.396 e. The molecule has 0 saturated heterocycles. The van der Waals surface area contributed by atoms with Gasteiger partial charge < -0.3 is 5.11 Å². The van der Waals surface area contributed by atoms with Crippen molar-refractivity contribution in [2.45, 2.75) is 92.9 Å². The summed E-state index contributed by atoms with van der Waals surface area (Å²) in [5.74, 6) is 1.53. The van der Waals surface area contributed by atoms with Crippen molar-refractivity contribution in [2.24, 2.45) is 22.7 Å². The molecule has 130 valence electrons. The van der Waals surface area contributed by atoms with Crippen LogP contribution in [-0.4, -0.2) is 11.7 Å². The van der Waals surface area contributed by atoms with Gasteiger partial charge in [-0.15, -0.1) is 0 Å². The first kappa shape index (κ1) is 19.7. The molecule has 1 N–H and O–H groups in total. The second-order valence-corrected chi connectivity index (χ2v) is 9.06. The van der Waals surface area contributed by atoms with E-state index in [0.717, 1.165) is 24.7 Å². The fourth-order valence-electron chi connectivity index (χ4n) is 4.36. The highest BCUT2D eigenvalue weighted by Crippen LogP contribution is 2.42. The summed E-state index contributed by atoms with van der Waals surface area (Å²) >= 11 is 0. The lowest BCUT2D eigenvalue weighted by Gasteiger charge is -2.36. The molecule has 0 bridgehead atoms. The van der Waals surface area contributed by atoms with Crippen LogP contribution < -0.4 is 0 Å². The monoisotopic (exact) mass is 308 g/mol. The van der Waals surface area contributed by atoms with Crippen LogP contribution in [0.15, 0.2) is 11.6 Å². The van der Waals surface area contributed by atoms with Gasteiger partial charge in [0.25, 0.3) is 0 Å². The highest BCUT2D eigenvalue weighted by molar-refractivity contribution is 5.07. The summed E-state index contributed by atoms with van der Waals surface area (Å²) in [6, 6.07) is 0.